The van der Waals surface area contributed by atoms with Crippen LogP contribution in [0.15, 0.2) is 322 Å². The molecule has 2 aliphatic carbocycles. The third kappa shape index (κ3) is 22.9. The predicted molar refractivity (Wildman–Crippen MR) is 537 cm³/mol. The molecule has 21 rings (SSSR count). The Kier molecular flexibility index (Phi) is 32.2. The average Bonchev–Trinajstić information content (AvgIpc) is 1.60. The molecule has 6 aromatic heterocycles. The Bertz CT molecular complexity index is 6100. The van der Waals surface area contributed by atoms with Gasteiger partial charge in [-0.3, -0.25) is 0 Å². The number of hydrogen-bond donors (Lipinski definition) is 0. The number of halogens is 3. The van der Waals surface area contributed by atoms with Crippen LogP contribution in [0.2, 0.25) is 0 Å². The molecule has 131 heavy (non-hydrogen) atoms. The number of pyridine rings is 2. The number of benzene rings is 8. The van der Waals surface area contributed by atoms with Crippen molar-refractivity contribution in [3.05, 3.63) is 328 Å². The number of ether oxygens (including phenoxy) is 4. The number of allylic oxidation sites excluding steroid dienone is 2. The largest absolute Gasteiger partial charge is 0.0622 e. The summed E-state index contributed by atoms with van der Waals surface area (Å²) in [5.41, 5.74) is 6.82. The standard InChI is InChI=1S/C30H32N4O4S2.C22H21BrN4O2S2.2C18H15P.C14H23BO4.2ClH.Pd/c1-33-13-9-22(10-14-33)29-32-27(20-39-29)26-19-34(40(35,36)24-5-3-2-4-6-24)28-25(26)17-23(18-31-28)21-7-11-30(12-8-21)37-15-16-38-30;1-26-9-7-15(8-10-26)22-25-20(14-30-22)19-13-27(21-18(19)11-16(23)12-24-21)31(28,29)17-5-3-2-4-6-17;2*1-4-10-16(11-5-1)19(17-12-6-2-7-13-17)18-14-8-3-9-15-18;1-12(2)13(3,4)19-15(18-12)11-5-7-14(8-6-11)16-9-10-17-14;;;/h2-7,17-20,22H,8-16H2,1H3;2-6,11-15H,7-10H2,1H3;2*1-15H;5H,6-10H2,1-4H3;2*1H;/q;;;;;;;+2/p-2. The van der Waals surface area contributed by atoms with Gasteiger partial charge in [-0.05, 0) is 223 Å². The van der Waals surface area contributed by atoms with Crippen LogP contribution in [0, 0.1) is 0 Å². The zero-order valence-corrected chi connectivity index (χ0v) is 83.7. The fourth-order valence-corrected chi connectivity index (χ4v) is 26.8. The molecule has 29 heteroatoms. The normalized spacial score (nSPS) is 17.9. The average molecular weight is 2060 g/mol. The van der Waals surface area contributed by atoms with Crippen LogP contribution in [0.1, 0.15) is 119 Å². The van der Waals surface area contributed by atoms with Crippen molar-refractivity contribution >= 4 is 160 Å². The predicted octanol–water partition coefficient (Wildman–Crippen LogP) is 21.2. The molecule has 682 valence electrons. The Balaban J connectivity index is 0.000000123. The van der Waals surface area contributed by atoms with Gasteiger partial charge >= 0.3 is 42.1 Å². The van der Waals surface area contributed by atoms with E-state index in [1.807, 2.05) is 17.5 Å². The summed E-state index contributed by atoms with van der Waals surface area (Å²) in [5.74, 6) is 0.0307. The molecule has 0 bridgehead atoms. The molecule has 14 aromatic rings. The summed E-state index contributed by atoms with van der Waals surface area (Å²) in [6.07, 6.45) is 20.4. The van der Waals surface area contributed by atoms with E-state index in [0.717, 1.165) is 137 Å². The van der Waals surface area contributed by atoms with E-state index in [9.17, 15) is 16.8 Å². The Morgan fingerprint density at radius 3 is 1.12 bits per heavy atom. The number of nitrogens with zero attached hydrogens (tertiary/aromatic N) is 8. The number of rotatable bonds is 16. The summed E-state index contributed by atoms with van der Waals surface area (Å²) in [5, 5.41) is 16.3. The van der Waals surface area contributed by atoms with E-state index < -0.39 is 41.7 Å². The topological polar surface area (TPSA) is 192 Å². The van der Waals surface area contributed by atoms with E-state index in [1.165, 1.54) is 50.8 Å². The third-order valence-electron chi connectivity index (χ3n) is 25.1. The van der Waals surface area contributed by atoms with Crippen LogP contribution in [0.25, 0.3) is 50.2 Å². The van der Waals surface area contributed by atoms with Gasteiger partial charge in [0.25, 0.3) is 20.0 Å². The minimum atomic E-state index is -3.85. The van der Waals surface area contributed by atoms with Crippen molar-refractivity contribution < 1.29 is 61.0 Å². The Morgan fingerprint density at radius 1 is 0.458 bits per heavy atom. The number of fused-ring (bicyclic) bond motifs is 2. The summed E-state index contributed by atoms with van der Waals surface area (Å²) in [6.45, 7) is 15.3. The van der Waals surface area contributed by atoms with Crippen LogP contribution in [0.4, 0.5) is 0 Å². The van der Waals surface area contributed by atoms with Crippen LogP contribution in [0.5, 0.6) is 0 Å². The first-order valence-electron chi connectivity index (χ1n) is 44.1. The van der Waals surface area contributed by atoms with Gasteiger partial charge in [0.1, 0.15) is 0 Å². The summed E-state index contributed by atoms with van der Waals surface area (Å²) in [4.78, 5) is 24.3. The molecule has 0 amide bonds. The fraction of sp³-hybridized carbons (Fsp3) is 0.294. The first kappa shape index (κ1) is 96.2. The first-order chi connectivity index (χ1) is 63.5. The van der Waals surface area contributed by atoms with E-state index in [1.54, 1.807) is 102 Å². The minimum Gasteiger partial charge on any atom is -0.0622 e. The maximum atomic E-state index is 13.8. The molecule has 8 aromatic carbocycles. The smallest absolute Gasteiger partial charge is 0.0134 e. The SMILES string of the molecule is CC1(C)OB(C2=CCC3(CC2)OCCO3)OC1(C)C.CN1CCC(c2nc(-c3cn(S(=O)(=O)c4ccccc4)c4ncc(Br)cc34)cs2)CC1.CN1CCC(c2nc(-c3cn(S(=O)(=O)c4ccccc4)c4ncc(C5=CCC6(CC5)OCCO6)cc34)cs2)CC1.[Cl][Pd][Cl].c1ccc(P(c2ccccc2)c2ccccc2)cc1.c1ccc(P(c2ccccc2)c2ccccc2)cc1. The summed E-state index contributed by atoms with van der Waals surface area (Å²) in [6, 6.07) is 85.6. The van der Waals surface area contributed by atoms with Gasteiger partial charge in [-0.2, -0.15) is 0 Å². The van der Waals surface area contributed by atoms with Crippen molar-refractivity contribution in [3.63, 3.8) is 0 Å². The van der Waals surface area contributed by atoms with Gasteiger partial charge in [-0.1, -0.05) is 231 Å². The third-order valence-corrected chi connectivity index (χ3v) is 35.7. The monoisotopic (exact) mass is 2060 g/mol. The Morgan fingerprint density at radius 2 is 0.786 bits per heavy atom. The van der Waals surface area contributed by atoms with Crippen molar-refractivity contribution in [2.45, 2.75) is 136 Å². The van der Waals surface area contributed by atoms with Gasteiger partial charge in [0, 0.05) is 99.4 Å². The molecule has 0 unspecified atom stereocenters. The van der Waals surface area contributed by atoms with E-state index in [2.05, 4.69) is 278 Å². The summed E-state index contributed by atoms with van der Waals surface area (Å²) >= 11 is 6.69. The van der Waals surface area contributed by atoms with Crippen LogP contribution < -0.4 is 31.8 Å². The summed E-state index contributed by atoms with van der Waals surface area (Å²) < 4.78 is 93.0. The van der Waals surface area contributed by atoms with Gasteiger partial charge in [-0.25, -0.2) is 44.7 Å². The second-order valence-corrected chi connectivity index (χ2v) is 47.3. The molecule has 18 nitrogen and oxygen atoms in total. The molecule has 11 heterocycles. The van der Waals surface area contributed by atoms with Crippen molar-refractivity contribution in [1.82, 2.24) is 37.7 Å². The second kappa shape index (κ2) is 43.8. The Hall–Kier alpha value is -7.89. The van der Waals surface area contributed by atoms with Crippen LogP contribution in [-0.4, -0.2) is 151 Å². The molecular formula is C102H106BBrCl2N8O10P2PdS4. The molecule has 0 saturated carbocycles. The van der Waals surface area contributed by atoms with Gasteiger partial charge in [0.2, 0.25) is 0 Å². The minimum absolute atomic E-state index is 0.106. The molecule has 7 aliphatic rings. The molecule has 0 radical (unpaired) electrons. The van der Waals surface area contributed by atoms with Crippen LogP contribution in [0.3, 0.4) is 0 Å². The van der Waals surface area contributed by atoms with Gasteiger partial charge in [0.05, 0.1) is 68.8 Å². The van der Waals surface area contributed by atoms with E-state index in [0.29, 0.717) is 56.0 Å². The van der Waals surface area contributed by atoms with E-state index in [4.69, 9.17) is 62.3 Å². The molecule has 5 fully saturated rings. The molecular weight excluding hydrogens is 1960 g/mol. The number of hydrogen-bond acceptors (Lipinski definition) is 18. The number of likely N-dealkylation sites (tertiary alicyclic amines) is 2. The molecule has 2 spiro atoms. The molecule has 5 saturated heterocycles. The summed E-state index contributed by atoms with van der Waals surface area (Å²) in [7, 11) is 5.20. The van der Waals surface area contributed by atoms with Gasteiger partial charge in [-0.15, -0.1) is 22.7 Å². The number of piperidine rings is 2. The molecule has 5 aliphatic heterocycles. The zero-order valence-electron chi connectivity index (χ0n) is 74.0. The Labute approximate surface area is 805 Å². The fourth-order valence-electron chi connectivity index (χ4n) is 17.2. The number of aromatic nitrogens is 6. The van der Waals surface area contributed by atoms with Crippen molar-refractivity contribution in [1.29, 1.82) is 0 Å². The van der Waals surface area contributed by atoms with Gasteiger partial charge < -0.3 is 38.1 Å². The second-order valence-electron chi connectivity index (χ2n) is 34.2. The van der Waals surface area contributed by atoms with Gasteiger partial charge in [0.15, 0.2) is 22.9 Å². The maximum absolute atomic E-state index is 13.8. The van der Waals surface area contributed by atoms with Crippen molar-refractivity contribution in [3.8, 4) is 22.5 Å². The zero-order chi connectivity index (χ0) is 91.2. The van der Waals surface area contributed by atoms with Crippen LogP contribution >= 0.6 is 73.5 Å². The van der Waals surface area contributed by atoms with E-state index >= 15 is 0 Å². The van der Waals surface area contributed by atoms with E-state index in [-0.39, 0.29) is 49.8 Å². The molecule has 0 atom stereocenters. The first-order valence-corrected chi connectivity index (χ1v) is 56.2. The quantitative estimate of drug-likeness (QED) is 0.0655. The molecule has 0 N–H and O–H groups in total. The number of thiazole rings is 2. The maximum Gasteiger partial charge on any atom is -0.0134 e. The van der Waals surface area contributed by atoms with Crippen molar-refractivity contribution in [2.75, 3.05) is 66.7 Å². The van der Waals surface area contributed by atoms with Crippen LogP contribution in [-0.2, 0) is 64.2 Å². The van der Waals surface area contributed by atoms with Crippen molar-refractivity contribution in [2.24, 2.45) is 0 Å².